The summed E-state index contributed by atoms with van der Waals surface area (Å²) in [4.78, 5) is 16.6. The molecule has 0 saturated heterocycles. The van der Waals surface area contributed by atoms with Gasteiger partial charge in [0.05, 0.1) is 10.7 Å². The molecule has 144 valence electrons. The largest absolute Gasteiger partial charge is 0.487 e. The molecule has 5 nitrogen and oxygen atoms in total. The first-order valence-corrected chi connectivity index (χ1v) is 8.94. The van der Waals surface area contributed by atoms with E-state index in [2.05, 4.69) is 10.3 Å². The van der Waals surface area contributed by atoms with Crippen LogP contribution >= 0.6 is 11.6 Å². The molecule has 3 aromatic rings. The van der Waals surface area contributed by atoms with Crippen LogP contribution in [0.3, 0.4) is 0 Å². The predicted molar refractivity (Wildman–Crippen MR) is 109 cm³/mol. The number of hydrogen-bond donors (Lipinski definition) is 1. The third-order valence-corrected chi connectivity index (χ3v) is 4.15. The van der Waals surface area contributed by atoms with Gasteiger partial charge in [-0.1, -0.05) is 35.9 Å². The Morgan fingerprint density at radius 2 is 2.00 bits per heavy atom. The van der Waals surface area contributed by atoms with Crippen molar-refractivity contribution < 1.29 is 13.9 Å². The van der Waals surface area contributed by atoms with Gasteiger partial charge in [0.25, 0.3) is 5.91 Å². The number of halogens is 2. The molecule has 0 fully saturated rings. The van der Waals surface area contributed by atoms with Gasteiger partial charge in [-0.15, -0.1) is 0 Å². The summed E-state index contributed by atoms with van der Waals surface area (Å²) in [6.07, 6.45) is 3.10. The lowest BCUT2D eigenvalue weighted by Crippen LogP contribution is -2.13. The number of carbonyl (C=O) groups is 1. The fourth-order valence-corrected chi connectivity index (χ4v) is 2.62. The summed E-state index contributed by atoms with van der Waals surface area (Å²) in [6.45, 7) is 0.244. The minimum Gasteiger partial charge on any atom is -0.487 e. The number of hydrogen-bond acceptors (Lipinski definition) is 4. The molecule has 0 aliphatic carbocycles. The zero-order valence-corrected chi connectivity index (χ0v) is 15.9. The van der Waals surface area contributed by atoms with Gasteiger partial charge in [-0.2, -0.15) is 5.26 Å². The second kappa shape index (κ2) is 9.49. The Labute approximate surface area is 172 Å². The fourth-order valence-electron chi connectivity index (χ4n) is 2.44. The van der Waals surface area contributed by atoms with Crippen molar-refractivity contribution in [2.24, 2.45) is 0 Å². The summed E-state index contributed by atoms with van der Waals surface area (Å²) in [5.74, 6) is -0.738. The van der Waals surface area contributed by atoms with Gasteiger partial charge in [0.2, 0.25) is 0 Å². The minimum atomic E-state index is -0.644. The smallest absolute Gasteiger partial charge is 0.266 e. The Morgan fingerprint density at radius 1 is 1.21 bits per heavy atom. The monoisotopic (exact) mass is 407 g/mol. The Bertz CT molecular complexity index is 1090. The number of nitriles is 1. The SMILES string of the molecule is N#C/C(=C\c1ccccc1OCc1ccccn1)C(=O)Nc1ccc(F)c(Cl)c1. The lowest BCUT2D eigenvalue weighted by molar-refractivity contribution is -0.112. The summed E-state index contributed by atoms with van der Waals surface area (Å²) < 4.78 is 19.0. The molecule has 1 N–H and O–H groups in total. The van der Waals surface area contributed by atoms with Crippen LogP contribution in [0, 0.1) is 17.1 Å². The number of pyridine rings is 1. The van der Waals surface area contributed by atoms with Gasteiger partial charge in [-0.25, -0.2) is 4.39 Å². The van der Waals surface area contributed by atoms with Gasteiger partial charge in [0, 0.05) is 17.4 Å². The van der Waals surface area contributed by atoms with Crippen molar-refractivity contribution in [3.63, 3.8) is 0 Å². The molecule has 1 amide bonds. The number of carbonyl (C=O) groups excluding carboxylic acids is 1. The van der Waals surface area contributed by atoms with Crippen LogP contribution in [0.4, 0.5) is 10.1 Å². The van der Waals surface area contributed by atoms with Crippen LogP contribution in [0.2, 0.25) is 5.02 Å². The normalized spacial score (nSPS) is 10.9. The Morgan fingerprint density at radius 3 is 2.72 bits per heavy atom. The highest BCUT2D eigenvalue weighted by Crippen LogP contribution is 2.23. The Balaban J connectivity index is 1.78. The molecule has 29 heavy (non-hydrogen) atoms. The van der Waals surface area contributed by atoms with Crippen LogP contribution in [-0.4, -0.2) is 10.9 Å². The maximum absolute atomic E-state index is 13.3. The first-order chi connectivity index (χ1) is 14.1. The molecule has 0 spiro atoms. The van der Waals surface area contributed by atoms with Crippen LogP contribution in [0.15, 0.2) is 72.4 Å². The predicted octanol–water partition coefficient (Wildman–Crippen LogP) is 5.00. The minimum absolute atomic E-state index is 0.126. The number of nitrogens with zero attached hydrogens (tertiary/aromatic N) is 2. The number of nitrogens with one attached hydrogen (secondary N) is 1. The second-order valence-electron chi connectivity index (χ2n) is 5.90. The third kappa shape index (κ3) is 5.41. The number of ether oxygens (including phenoxy) is 1. The number of aromatic nitrogens is 1. The highest BCUT2D eigenvalue weighted by molar-refractivity contribution is 6.31. The zero-order valence-electron chi connectivity index (χ0n) is 15.1. The second-order valence-corrected chi connectivity index (χ2v) is 6.31. The van der Waals surface area contributed by atoms with E-state index in [1.165, 1.54) is 18.2 Å². The van der Waals surface area contributed by atoms with Crippen molar-refractivity contribution in [2.45, 2.75) is 6.61 Å². The van der Waals surface area contributed by atoms with Crippen LogP contribution in [0.5, 0.6) is 5.75 Å². The lowest BCUT2D eigenvalue weighted by Gasteiger charge is -2.09. The Hall–Kier alpha value is -3.69. The first-order valence-electron chi connectivity index (χ1n) is 8.57. The molecular formula is C22H15ClFN3O2. The van der Waals surface area contributed by atoms with Crippen LogP contribution in [-0.2, 0) is 11.4 Å². The Kier molecular flexibility index (Phi) is 6.56. The average molecular weight is 408 g/mol. The summed E-state index contributed by atoms with van der Waals surface area (Å²) >= 11 is 5.72. The number of para-hydroxylation sites is 1. The molecule has 0 saturated carbocycles. The van der Waals surface area contributed by atoms with Crippen molar-refractivity contribution in [1.82, 2.24) is 4.98 Å². The van der Waals surface area contributed by atoms with Crippen LogP contribution in [0.1, 0.15) is 11.3 Å². The average Bonchev–Trinajstić information content (AvgIpc) is 2.74. The third-order valence-electron chi connectivity index (χ3n) is 3.86. The summed E-state index contributed by atoms with van der Waals surface area (Å²) in [7, 11) is 0. The molecule has 1 heterocycles. The zero-order chi connectivity index (χ0) is 20.6. The van der Waals surface area contributed by atoms with Crippen molar-refractivity contribution in [1.29, 1.82) is 5.26 Å². The highest BCUT2D eigenvalue weighted by Gasteiger charge is 2.12. The van der Waals surface area contributed by atoms with Crippen LogP contribution in [0.25, 0.3) is 6.08 Å². The van der Waals surface area contributed by atoms with E-state index in [-0.39, 0.29) is 22.9 Å². The van der Waals surface area contributed by atoms with E-state index in [1.807, 2.05) is 24.3 Å². The molecule has 1 aromatic heterocycles. The van der Waals surface area contributed by atoms with Crippen molar-refractivity contribution in [3.05, 3.63) is 94.5 Å². The highest BCUT2D eigenvalue weighted by atomic mass is 35.5. The quantitative estimate of drug-likeness (QED) is 0.461. The fraction of sp³-hybridized carbons (Fsp3) is 0.0455. The summed E-state index contributed by atoms with van der Waals surface area (Å²) in [6, 6.07) is 18.2. The molecule has 3 rings (SSSR count). The molecule has 7 heteroatoms. The summed E-state index contributed by atoms with van der Waals surface area (Å²) in [5, 5.41) is 11.8. The van der Waals surface area contributed by atoms with Crippen molar-refractivity contribution >= 4 is 29.3 Å². The maximum Gasteiger partial charge on any atom is 0.266 e. The van der Waals surface area contributed by atoms with E-state index in [4.69, 9.17) is 16.3 Å². The van der Waals surface area contributed by atoms with Crippen LogP contribution < -0.4 is 10.1 Å². The van der Waals surface area contributed by atoms with E-state index in [0.717, 1.165) is 11.8 Å². The number of anilines is 1. The summed E-state index contributed by atoms with van der Waals surface area (Å²) in [5.41, 5.74) is 1.45. The van der Waals surface area contributed by atoms with E-state index >= 15 is 0 Å². The molecule has 0 unspecified atom stereocenters. The van der Waals surface area contributed by atoms with E-state index < -0.39 is 11.7 Å². The molecule has 0 aliphatic rings. The maximum atomic E-state index is 13.3. The molecule has 2 aromatic carbocycles. The molecular weight excluding hydrogens is 393 g/mol. The van der Waals surface area contributed by atoms with Gasteiger partial charge in [0.15, 0.2) is 0 Å². The van der Waals surface area contributed by atoms with Gasteiger partial charge < -0.3 is 10.1 Å². The number of benzene rings is 2. The molecule has 0 radical (unpaired) electrons. The van der Waals surface area contributed by atoms with E-state index in [0.29, 0.717) is 11.3 Å². The molecule has 0 aliphatic heterocycles. The molecule has 0 atom stereocenters. The first kappa shape index (κ1) is 20.1. The van der Waals surface area contributed by atoms with Gasteiger partial charge in [-0.3, -0.25) is 9.78 Å². The number of amides is 1. The van der Waals surface area contributed by atoms with E-state index in [1.54, 1.807) is 30.5 Å². The lowest BCUT2D eigenvalue weighted by atomic mass is 10.1. The number of rotatable bonds is 6. The van der Waals surface area contributed by atoms with E-state index in [9.17, 15) is 14.4 Å². The standard InChI is InChI=1S/C22H15ClFN3O2/c23-19-12-17(8-9-20(19)24)27-22(28)16(13-25)11-15-5-1-2-7-21(15)29-14-18-6-3-4-10-26-18/h1-12H,14H2,(H,27,28)/b16-11+. The van der Waals surface area contributed by atoms with Crippen molar-refractivity contribution in [3.8, 4) is 11.8 Å². The molecule has 0 bridgehead atoms. The van der Waals surface area contributed by atoms with Gasteiger partial charge in [0.1, 0.15) is 29.8 Å². The topological polar surface area (TPSA) is 75.0 Å². The van der Waals surface area contributed by atoms with Gasteiger partial charge in [-0.05, 0) is 42.5 Å². The van der Waals surface area contributed by atoms with Gasteiger partial charge >= 0.3 is 0 Å². The van der Waals surface area contributed by atoms with Crippen molar-refractivity contribution in [2.75, 3.05) is 5.32 Å².